The zero-order chi connectivity index (χ0) is 13.0. The minimum Gasteiger partial charge on any atom is -0.337 e. The maximum Gasteiger partial charge on any atom is 0.274 e. The second-order valence-electron chi connectivity index (χ2n) is 4.84. The molecule has 0 unspecified atom stereocenters. The number of carbonyl (C=O) groups excluding carboxylic acids is 1. The molecule has 1 aromatic heterocycles. The largest absolute Gasteiger partial charge is 0.337 e. The first-order valence-corrected chi connectivity index (χ1v) is 6.43. The number of rotatable bonds is 3. The van der Waals surface area contributed by atoms with E-state index < -0.39 is 0 Å². The highest BCUT2D eigenvalue weighted by Crippen LogP contribution is 2.17. The van der Waals surface area contributed by atoms with Crippen LogP contribution in [0.3, 0.4) is 0 Å². The molecule has 0 aromatic carbocycles. The van der Waals surface area contributed by atoms with E-state index in [0.717, 1.165) is 38.2 Å². The number of hydrogen-bond acceptors (Lipinski definition) is 4. The Balaban J connectivity index is 1.93. The van der Waals surface area contributed by atoms with Crippen LogP contribution in [0.25, 0.3) is 0 Å². The van der Waals surface area contributed by atoms with Gasteiger partial charge in [0.25, 0.3) is 5.91 Å². The second kappa shape index (κ2) is 5.91. The Morgan fingerprint density at radius 1 is 1.39 bits per heavy atom. The van der Waals surface area contributed by atoms with E-state index in [2.05, 4.69) is 15.3 Å². The maximum absolute atomic E-state index is 12.2. The van der Waals surface area contributed by atoms with Gasteiger partial charge in [-0.2, -0.15) is 0 Å². The SMILES string of the molecule is CNCC1CCN(C(=O)c2cnc(C)cn2)CC1. The Hall–Kier alpha value is -1.49. The van der Waals surface area contributed by atoms with E-state index in [0.29, 0.717) is 11.6 Å². The minimum atomic E-state index is 0.00501. The van der Waals surface area contributed by atoms with Crippen LogP contribution in [0.1, 0.15) is 29.0 Å². The van der Waals surface area contributed by atoms with Gasteiger partial charge in [0.1, 0.15) is 5.69 Å². The summed E-state index contributed by atoms with van der Waals surface area (Å²) in [6.07, 6.45) is 5.33. The Labute approximate surface area is 108 Å². The summed E-state index contributed by atoms with van der Waals surface area (Å²) in [5, 5.41) is 3.19. The topological polar surface area (TPSA) is 58.1 Å². The highest BCUT2D eigenvalue weighted by Gasteiger charge is 2.23. The molecule has 1 amide bonds. The summed E-state index contributed by atoms with van der Waals surface area (Å²) < 4.78 is 0. The van der Waals surface area contributed by atoms with Crippen molar-refractivity contribution in [2.24, 2.45) is 5.92 Å². The molecule has 0 spiro atoms. The molecule has 18 heavy (non-hydrogen) atoms. The monoisotopic (exact) mass is 248 g/mol. The van der Waals surface area contributed by atoms with Crippen LogP contribution >= 0.6 is 0 Å². The number of hydrogen-bond donors (Lipinski definition) is 1. The summed E-state index contributed by atoms with van der Waals surface area (Å²) in [6, 6.07) is 0. The Kier molecular flexibility index (Phi) is 4.25. The first kappa shape index (κ1) is 13.0. The van der Waals surface area contributed by atoms with E-state index in [4.69, 9.17) is 0 Å². The number of nitrogens with zero attached hydrogens (tertiary/aromatic N) is 3. The summed E-state index contributed by atoms with van der Waals surface area (Å²) >= 11 is 0. The lowest BCUT2D eigenvalue weighted by Crippen LogP contribution is -2.40. The average molecular weight is 248 g/mol. The van der Waals surface area contributed by atoms with Crippen LogP contribution < -0.4 is 5.32 Å². The van der Waals surface area contributed by atoms with Crippen molar-refractivity contribution < 1.29 is 4.79 Å². The predicted octanol–water partition coefficient (Wildman–Crippen LogP) is 0.857. The number of amides is 1. The van der Waals surface area contributed by atoms with Gasteiger partial charge in [-0.3, -0.25) is 9.78 Å². The molecule has 2 heterocycles. The van der Waals surface area contributed by atoms with Crippen molar-refractivity contribution in [2.75, 3.05) is 26.7 Å². The zero-order valence-corrected chi connectivity index (χ0v) is 11.0. The highest BCUT2D eigenvalue weighted by atomic mass is 16.2. The fourth-order valence-electron chi connectivity index (χ4n) is 2.29. The zero-order valence-electron chi connectivity index (χ0n) is 11.0. The lowest BCUT2D eigenvalue weighted by molar-refractivity contribution is 0.0684. The molecular weight excluding hydrogens is 228 g/mol. The molecule has 2 rings (SSSR count). The molecule has 1 aliphatic heterocycles. The summed E-state index contributed by atoms with van der Waals surface area (Å²) in [7, 11) is 1.97. The molecule has 0 bridgehead atoms. The van der Waals surface area contributed by atoms with Crippen LogP contribution in [-0.4, -0.2) is 47.5 Å². The van der Waals surface area contributed by atoms with Gasteiger partial charge in [-0.15, -0.1) is 0 Å². The molecule has 0 radical (unpaired) electrons. The van der Waals surface area contributed by atoms with E-state index in [1.807, 2.05) is 18.9 Å². The fraction of sp³-hybridized carbons (Fsp3) is 0.615. The lowest BCUT2D eigenvalue weighted by Gasteiger charge is -2.31. The summed E-state index contributed by atoms with van der Waals surface area (Å²) in [5.74, 6) is 0.688. The highest BCUT2D eigenvalue weighted by molar-refractivity contribution is 5.92. The van der Waals surface area contributed by atoms with Crippen molar-refractivity contribution in [2.45, 2.75) is 19.8 Å². The molecule has 0 saturated carbocycles. The molecular formula is C13H20N4O. The molecule has 5 nitrogen and oxygen atoms in total. The van der Waals surface area contributed by atoms with E-state index >= 15 is 0 Å². The van der Waals surface area contributed by atoms with Gasteiger partial charge in [0.15, 0.2) is 0 Å². The number of piperidine rings is 1. The number of aromatic nitrogens is 2. The van der Waals surface area contributed by atoms with Crippen molar-refractivity contribution >= 4 is 5.91 Å². The van der Waals surface area contributed by atoms with E-state index in [1.165, 1.54) is 0 Å². The first-order valence-electron chi connectivity index (χ1n) is 6.43. The lowest BCUT2D eigenvalue weighted by atomic mass is 9.96. The van der Waals surface area contributed by atoms with Crippen molar-refractivity contribution in [3.63, 3.8) is 0 Å². The molecule has 1 fully saturated rings. The second-order valence-corrected chi connectivity index (χ2v) is 4.84. The molecule has 0 aliphatic carbocycles. The van der Waals surface area contributed by atoms with Gasteiger partial charge in [-0.25, -0.2) is 4.98 Å². The minimum absolute atomic E-state index is 0.00501. The predicted molar refractivity (Wildman–Crippen MR) is 69.3 cm³/mol. The van der Waals surface area contributed by atoms with E-state index in [9.17, 15) is 4.79 Å². The molecule has 5 heteroatoms. The number of likely N-dealkylation sites (tertiary alicyclic amines) is 1. The van der Waals surface area contributed by atoms with Crippen LogP contribution in [0.4, 0.5) is 0 Å². The van der Waals surface area contributed by atoms with Gasteiger partial charge in [-0.1, -0.05) is 0 Å². The molecule has 1 aromatic rings. The number of carbonyl (C=O) groups is 1. The summed E-state index contributed by atoms with van der Waals surface area (Å²) in [5.41, 5.74) is 1.28. The van der Waals surface area contributed by atoms with Crippen LogP contribution in [0.2, 0.25) is 0 Å². The van der Waals surface area contributed by atoms with Crippen molar-refractivity contribution in [3.05, 3.63) is 23.8 Å². The Morgan fingerprint density at radius 3 is 2.67 bits per heavy atom. The number of nitrogens with one attached hydrogen (secondary N) is 1. The van der Waals surface area contributed by atoms with Crippen molar-refractivity contribution in [1.29, 1.82) is 0 Å². The van der Waals surface area contributed by atoms with Gasteiger partial charge < -0.3 is 10.2 Å². The molecule has 98 valence electrons. The third kappa shape index (κ3) is 3.04. The molecule has 1 aliphatic rings. The summed E-state index contributed by atoms with van der Waals surface area (Å²) in [4.78, 5) is 22.3. The molecule has 1 saturated heterocycles. The van der Waals surface area contributed by atoms with Gasteiger partial charge in [0, 0.05) is 19.3 Å². The number of aryl methyl sites for hydroxylation is 1. The standard InChI is InChI=1S/C13H20N4O/c1-10-7-16-12(9-15-10)13(18)17-5-3-11(4-6-17)8-14-2/h7,9,11,14H,3-6,8H2,1-2H3. The van der Waals surface area contributed by atoms with Crippen LogP contribution in [0.15, 0.2) is 12.4 Å². The van der Waals surface area contributed by atoms with Crippen LogP contribution in [0.5, 0.6) is 0 Å². The smallest absolute Gasteiger partial charge is 0.274 e. The quantitative estimate of drug-likeness (QED) is 0.862. The summed E-state index contributed by atoms with van der Waals surface area (Å²) in [6.45, 7) is 4.54. The Bertz CT molecular complexity index is 396. The molecule has 1 N–H and O–H groups in total. The maximum atomic E-state index is 12.2. The van der Waals surface area contributed by atoms with Gasteiger partial charge in [-0.05, 0) is 39.3 Å². The van der Waals surface area contributed by atoms with Gasteiger partial charge in [0.2, 0.25) is 0 Å². The van der Waals surface area contributed by atoms with Gasteiger partial charge in [0.05, 0.1) is 11.9 Å². The van der Waals surface area contributed by atoms with Crippen LogP contribution in [0, 0.1) is 12.8 Å². The fourth-order valence-corrected chi connectivity index (χ4v) is 2.29. The molecule has 0 atom stereocenters. The van der Waals surface area contributed by atoms with Crippen molar-refractivity contribution in [3.8, 4) is 0 Å². The third-order valence-corrected chi connectivity index (χ3v) is 3.39. The average Bonchev–Trinajstić information content (AvgIpc) is 2.40. The third-order valence-electron chi connectivity index (χ3n) is 3.39. The normalized spacial score (nSPS) is 16.9. The van der Waals surface area contributed by atoms with E-state index in [1.54, 1.807) is 12.4 Å². The van der Waals surface area contributed by atoms with Crippen molar-refractivity contribution in [1.82, 2.24) is 20.2 Å². The Morgan fingerprint density at radius 2 is 2.11 bits per heavy atom. The first-order chi connectivity index (χ1) is 8.70. The van der Waals surface area contributed by atoms with E-state index in [-0.39, 0.29) is 5.91 Å². The van der Waals surface area contributed by atoms with Crippen LogP contribution in [-0.2, 0) is 0 Å². The van der Waals surface area contributed by atoms with Gasteiger partial charge >= 0.3 is 0 Å².